The second-order valence-corrected chi connectivity index (χ2v) is 4.91. The second-order valence-electron chi connectivity index (χ2n) is 4.91. The molecule has 0 bridgehead atoms. The van der Waals surface area contributed by atoms with Gasteiger partial charge in [-0.3, -0.25) is 4.68 Å². The predicted molar refractivity (Wildman–Crippen MR) is 64.1 cm³/mol. The first-order valence-corrected chi connectivity index (χ1v) is 6.40. The van der Waals surface area contributed by atoms with E-state index in [0.717, 1.165) is 18.9 Å². The van der Waals surface area contributed by atoms with E-state index >= 15 is 0 Å². The molecular weight excluding hydrogens is 200 g/mol. The van der Waals surface area contributed by atoms with Gasteiger partial charge in [-0.05, 0) is 38.6 Å². The first-order chi connectivity index (χ1) is 7.84. The Morgan fingerprint density at radius 3 is 2.94 bits per heavy atom. The highest BCUT2D eigenvalue weighted by Gasteiger charge is 2.15. The summed E-state index contributed by atoms with van der Waals surface area (Å²) in [5.74, 6) is 0.925. The number of rotatable bonds is 6. The summed E-state index contributed by atoms with van der Waals surface area (Å²) in [5.41, 5.74) is 0. The van der Waals surface area contributed by atoms with Crippen molar-refractivity contribution in [1.29, 1.82) is 0 Å². The number of aromatic nitrogens is 3. The monoisotopic (exact) mass is 222 g/mol. The van der Waals surface area contributed by atoms with Crippen molar-refractivity contribution < 1.29 is 0 Å². The lowest BCUT2D eigenvalue weighted by molar-refractivity contribution is 0.409. The van der Waals surface area contributed by atoms with Crippen LogP contribution >= 0.6 is 0 Å². The third-order valence-electron chi connectivity index (χ3n) is 3.49. The Balaban J connectivity index is 1.58. The van der Waals surface area contributed by atoms with Crippen molar-refractivity contribution in [3.05, 3.63) is 12.7 Å². The van der Waals surface area contributed by atoms with Gasteiger partial charge in [0.05, 0.1) is 0 Å². The topological polar surface area (TPSA) is 42.7 Å². The molecule has 0 radical (unpaired) electrons. The van der Waals surface area contributed by atoms with Gasteiger partial charge in [-0.25, -0.2) is 4.98 Å². The maximum Gasteiger partial charge on any atom is 0.137 e. The van der Waals surface area contributed by atoms with E-state index in [9.17, 15) is 0 Å². The molecule has 1 aromatic rings. The molecule has 1 atom stereocenters. The molecule has 1 heterocycles. The lowest BCUT2D eigenvalue weighted by atomic mass is 10.1. The normalized spacial score (nSPS) is 19.1. The van der Waals surface area contributed by atoms with Gasteiger partial charge < -0.3 is 5.32 Å². The number of nitrogens with zero attached hydrogens (tertiary/aromatic N) is 3. The Morgan fingerprint density at radius 1 is 1.44 bits per heavy atom. The van der Waals surface area contributed by atoms with Crippen molar-refractivity contribution in [2.24, 2.45) is 5.92 Å². The molecule has 90 valence electrons. The SMILES string of the molecule is CC(CCn1cncn1)NCC1CCCC1. The van der Waals surface area contributed by atoms with Crippen LogP contribution in [0, 0.1) is 5.92 Å². The molecule has 0 saturated heterocycles. The summed E-state index contributed by atoms with van der Waals surface area (Å²) in [6.45, 7) is 4.41. The van der Waals surface area contributed by atoms with Crippen LogP contribution in [0.2, 0.25) is 0 Å². The smallest absolute Gasteiger partial charge is 0.137 e. The van der Waals surface area contributed by atoms with Crippen molar-refractivity contribution in [3.63, 3.8) is 0 Å². The molecule has 0 amide bonds. The highest BCUT2D eigenvalue weighted by Crippen LogP contribution is 2.23. The molecule has 0 aromatic carbocycles. The zero-order valence-corrected chi connectivity index (χ0v) is 10.1. The van der Waals surface area contributed by atoms with Crippen LogP contribution in [-0.4, -0.2) is 27.4 Å². The Kier molecular flexibility index (Phi) is 4.34. The summed E-state index contributed by atoms with van der Waals surface area (Å²) in [6.07, 6.45) is 10.2. The van der Waals surface area contributed by atoms with Crippen molar-refractivity contribution in [1.82, 2.24) is 20.1 Å². The van der Waals surface area contributed by atoms with Crippen LogP contribution in [0.4, 0.5) is 0 Å². The van der Waals surface area contributed by atoms with Crippen molar-refractivity contribution in [3.8, 4) is 0 Å². The minimum Gasteiger partial charge on any atom is -0.314 e. The first kappa shape index (κ1) is 11.6. The Bertz CT molecular complexity index is 277. The molecule has 0 aliphatic heterocycles. The fourth-order valence-electron chi connectivity index (χ4n) is 2.36. The molecule has 1 unspecified atom stereocenters. The van der Waals surface area contributed by atoms with E-state index < -0.39 is 0 Å². The molecule has 16 heavy (non-hydrogen) atoms. The van der Waals surface area contributed by atoms with E-state index in [1.54, 1.807) is 12.7 Å². The average molecular weight is 222 g/mol. The Morgan fingerprint density at radius 2 is 2.25 bits per heavy atom. The Hall–Kier alpha value is -0.900. The summed E-state index contributed by atoms with van der Waals surface area (Å²) < 4.78 is 1.90. The number of nitrogens with one attached hydrogen (secondary N) is 1. The second kappa shape index (κ2) is 5.99. The molecule has 1 fully saturated rings. The summed E-state index contributed by atoms with van der Waals surface area (Å²) in [6, 6.07) is 0.574. The molecule has 4 nitrogen and oxygen atoms in total. The summed E-state index contributed by atoms with van der Waals surface area (Å²) in [7, 11) is 0. The van der Waals surface area contributed by atoms with E-state index in [1.165, 1.54) is 32.2 Å². The van der Waals surface area contributed by atoms with Crippen molar-refractivity contribution in [2.75, 3.05) is 6.54 Å². The largest absolute Gasteiger partial charge is 0.314 e. The van der Waals surface area contributed by atoms with Crippen LogP contribution in [0.1, 0.15) is 39.0 Å². The van der Waals surface area contributed by atoms with E-state index in [1.807, 2.05) is 4.68 Å². The van der Waals surface area contributed by atoms with Gasteiger partial charge in [-0.2, -0.15) is 5.10 Å². The fraction of sp³-hybridized carbons (Fsp3) is 0.833. The third-order valence-corrected chi connectivity index (χ3v) is 3.49. The highest BCUT2D eigenvalue weighted by molar-refractivity contribution is 4.72. The molecule has 2 rings (SSSR count). The van der Waals surface area contributed by atoms with Crippen LogP contribution < -0.4 is 5.32 Å². The van der Waals surface area contributed by atoms with E-state index in [-0.39, 0.29) is 0 Å². The van der Waals surface area contributed by atoms with Crippen molar-refractivity contribution in [2.45, 2.75) is 51.6 Å². The van der Waals surface area contributed by atoms with Gasteiger partial charge in [0, 0.05) is 12.6 Å². The fourth-order valence-corrected chi connectivity index (χ4v) is 2.36. The first-order valence-electron chi connectivity index (χ1n) is 6.40. The predicted octanol–water partition coefficient (Wildman–Crippen LogP) is 1.84. The molecule has 1 aromatic heterocycles. The van der Waals surface area contributed by atoms with Crippen LogP contribution in [0.15, 0.2) is 12.7 Å². The zero-order chi connectivity index (χ0) is 11.2. The van der Waals surface area contributed by atoms with Crippen LogP contribution in [0.3, 0.4) is 0 Å². The van der Waals surface area contributed by atoms with Gasteiger partial charge in [0.2, 0.25) is 0 Å². The van der Waals surface area contributed by atoms with Gasteiger partial charge >= 0.3 is 0 Å². The van der Waals surface area contributed by atoms with Gasteiger partial charge in [-0.1, -0.05) is 12.8 Å². The molecule has 0 spiro atoms. The van der Waals surface area contributed by atoms with Gasteiger partial charge in [0.25, 0.3) is 0 Å². The third kappa shape index (κ3) is 3.59. The Labute approximate surface area is 97.5 Å². The molecular formula is C12H22N4. The lowest BCUT2D eigenvalue weighted by Crippen LogP contribution is -2.31. The number of hydrogen-bond acceptors (Lipinski definition) is 3. The summed E-state index contributed by atoms with van der Waals surface area (Å²) in [5, 5.41) is 7.73. The van der Waals surface area contributed by atoms with E-state index in [4.69, 9.17) is 0 Å². The van der Waals surface area contributed by atoms with E-state index in [2.05, 4.69) is 22.3 Å². The van der Waals surface area contributed by atoms with Gasteiger partial charge in [-0.15, -0.1) is 0 Å². The van der Waals surface area contributed by atoms with Crippen LogP contribution in [0.5, 0.6) is 0 Å². The maximum atomic E-state index is 4.10. The quantitative estimate of drug-likeness (QED) is 0.798. The average Bonchev–Trinajstić information content (AvgIpc) is 2.96. The number of aryl methyl sites for hydroxylation is 1. The standard InChI is InChI=1S/C12H22N4/c1-11(6-7-16-10-13-9-15-16)14-8-12-4-2-3-5-12/h9-12,14H,2-8H2,1H3. The van der Waals surface area contributed by atoms with E-state index in [0.29, 0.717) is 6.04 Å². The van der Waals surface area contributed by atoms with Crippen LogP contribution in [0.25, 0.3) is 0 Å². The lowest BCUT2D eigenvalue weighted by Gasteiger charge is -2.16. The van der Waals surface area contributed by atoms with Crippen LogP contribution in [-0.2, 0) is 6.54 Å². The van der Waals surface area contributed by atoms with Gasteiger partial charge in [0.1, 0.15) is 12.7 Å². The van der Waals surface area contributed by atoms with Crippen molar-refractivity contribution >= 4 is 0 Å². The molecule has 4 heteroatoms. The maximum absolute atomic E-state index is 4.10. The molecule has 1 aliphatic carbocycles. The number of hydrogen-bond donors (Lipinski definition) is 1. The zero-order valence-electron chi connectivity index (χ0n) is 10.1. The molecule has 1 N–H and O–H groups in total. The van der Waals surface area contributed by atoms with Gasteiger partial charge in [0.15, 0.2) is 0 Å². The summed E-state index contributed by atoms with van der Waals surface area (Å²) in [4.78, 5) is 3.94. The highest BCUT2D eigenvalue weighted by atomic mass is 15.3. The molecule has 1 aliphatic rings. The summed E-state index contributed by atoms with van der Waals surface area (Å²) >= 11 is 0. The molecule has 1 saturated carbocycles. The minimum atomic E-state index is 0.574. The minimum absolute atomic E-state index is 0.574.